The van der Waals surface area contributed by atoms with Crippen LogP contribution in [0.15, 0.2) is 24.3 Å². The maximum atomic E-state index is 10.4. The van der Waals surface area contributed by atoms with E-state index in [1.54, 1.807) is 12.1 Å². The van der Waals surface area contributed by atoms with Gasteiger partial charge in [0.2, 0.25) is 5.88 Å². The molecule has 1 N–H and O–H groups in total. The van der Waals surface area contributed by atoms with Crippen molar-refractivity contribution in [3.05, 3.63) is 29.4 Å². The minimum atomic E-state index is -0.920. The highest BCUT2D eigenvalue weighted by molar-refractivity contribution is 6.34. The second-order valence-corrected chi connectivity index (χ2v) is 3.69. The van der Waals surface area contributed by atoms with Crippen LogP contribution in [0.5, 0.6) is 5.88 Å². The summed E-state index contributed by atoms with van der Waals surface area (Å²) >= 11 is 5.89. The van der Waals surface area contributed by atoms with Crippen molar-refractivity contribution in [2.45, 2.75) is 6.42 Å². The Morgan fingerprint density at radius 2 is 2.00 bits per heavy atom. The number of benzene rings is 1. The lowest BCUT2D eigenvalue weighted by Crippen LogP contribution is -2.06. The number of hydrogen-bond donors (Lipinski definition) is 1. The first kappa shape index (κ1) is 11.6. The minimum absolute atomic E-state index is 0.0512. The Labute approximate surface area is 102 Å². The Bertz CT molecular complexity index is 559. The number of nitrogens with zero attached hydrogens (tertiary/aromatic N) is 2. The smallest absolute Gasteiger partial charge is 0.306 e. The number of halogens is 1. The van der Waals surface area contributed by atoms with Gasteiger partial charge >= 0.3 is 5.97 Å². The van der Waals surface area contributed by atoms with Gasteiger partial charge in [0.1, 0.15) is 6.61 Å². The molecule has 0 atom stereocenters. The van der Waals surface area contributed by atoms with Crippen molar-refractivity contribution >= 4 is 28.3 Å². The van der Waals surface area contributed by atoms with Crippen molar-refractivity contribution < 1.29 is 14.6 Å². The van der Waals surface area contributed by atoms with E-state index in [1.165, 1.54) is 0 Å². The molecule has 5 nitrogen and oxygen atoms in total. The van der Waals surface area contributed by atoms with Crippen molar-refractivity contribution in [2.24, 2.45) is 0 Å². The van der Waals surface area contributed by atoms with Gasteiger partial charge in [-0.3, -0.25) is 4.79 Å². The number of carboxylic acid groups (broad SMARTS) is 1. The van der Waals surface area contributed by atoms with Gasteiger partial charge in [-0.15, -0.1) is 10.2 Å². The van der Waals surface area contributed by atoms with Gasteiger partial charge in [0, 0.05) is 10.8 Å². The third kappa shape index (κ3) is 2.62. The van der Waals surface area contributed by atoms with E-state index in [2.05, 4.69) is 10.2 Å². The molecule has 0 spiro atoms. The summed E-state index contributed by atoms with van der Waals surface area (Å²) in [4.78, 5) is 10.4. The molecule has 17 heavy (non-hydrogen) atoms. The first-order chi connectivity index (χ1) is 8.18. The largest absolute Gasteiger partial charge is 0.481 e. The van der Waals surface area contributed by atoms with Crippen LogP contribution in [0.25, 0.3) is 10.8 Å². The first-order valence-corrected chi connectivity index (χ1v) is 5.32. The highest BCUT2D eigenvalue weighted by Crippen LogP contribution is 2.26. The molecular weight excluding hydrogens is 244 g/mol. The van der Waals surface area contributed by atoms with E-state index in [-0.39, 0.29) is 13.0 Å². The molecule has 0 aliphatic carbocycles. The third-order valence-electron chi connectivity index (χ3n) is 2.16. The average Bonchev–Trinajstić information content (AvgIpc) is 2.32. The monoisotopic (exact) mass is 252 g/mol. The van der Waals surface area contributed by atoms with Crippen LogP contribution >= 0.6 is 11.6 Å². The maximum Gasteiger partial charge on any atom is 0.306 e. The van der Waals surface area contributed by atoms with Crippen molar-refractivity contribution in [3.8, 4) is 5.88 Å². The molecule has 0 bridgehead atoms. The Morgan fingerprint density at radius 3 is 2.71 bits per heavy atom. The van der Waals surface area contributed by atoms with Gasteiger partial charge in [0.25, 0.3) is 0 Å². The molecule has 0 saturated carbocycles. The molecule has 0 amide bonds. The standard InChI is InChI=1S/C11H9ClN2O3/c12-10-7-3-1-2-4-8(7)11(14-13-10)17-6-5-9(15)16/h1-4H,5-6H2,(H,15,16). The van der Waals surface area contributed by atoms with E-state index < -0.39 is 5.97 Å². The number of carbonyl (C=O) groups is 1. The van der Waals surface area contributed by atoms with Gasteiger partial charge < -0.3 is 9.84 Å². The predicted molar refractivity (Wildman–Crippen MR) is 62.3 cm³/mol. The number of aliphatic carboxylic acids is 1. The molecule has 0 aliphatic heterocycles. The van der Waals surface area contributed by atoms with Crippen molar-refractivity contribution in [1.29, 1.82) is 0 Å². The van der Waals surface area contributed by atoms with Crippen LogP contribution in [0, 0.1) is 0 Å². The lowest BCUT2D eigenvalue weighted by atomic mass is 10.2. The Hall–Kier alpha value is -1.88. The van der Waals surface area contributed by atoms with E-state index in [4.69, 9.17) is 21.4 Å². The Morgan fingerprint density at radius 1 is 1.29 bits per heavy atom. The van der Waals surface area contributed by atoms with E-state index in [0.717, 1.165) is 10.8 Å². The zero-order valence-electron chi connectivity index (χ0n) is 8.76. The lowest BCUT2D eigenvalue weighted by molar-refractivity contribution is -0.137. The first-order valence-electron chi connectivity index (χ1n) is 4.94. The summed E-state index contributed by atoms with van der Waals surface area (Å²) in [7, 11) is 0. The number of hydrogen-bond acceptors (Lipinski definition) is 4. The third-order valence-corrected chi connectivity index (χ3v) is 2.44. The predicted octanol–water partition coefficient (Wildman–Crippen LogP) is 2.14. The van der Waals surface area contributed by atoms with Crippen LogP contribution in [0.1, 0.15) is 6.42 Å². The fourth-order valence-corrected chi connectivity index (χ4v) is 1.59. The van der Waals surface area contributed by atoms with Gasteiger partial charge in [0.15, 0.2) is 5.15 Å². The van der Waals surface area contributed by atoms with Gasteiger partial charge in [-0.2, -0.15) is 0 Å². The van der Waals surface area contributed by atoms with E-state index in [9.17, 15) is 4.79 Å². The van der Waals surface area contributed by atoms with Crippen molar-refractivity contribution in [3.63, 3.8) is 0 Å². The lowest BCUT2D eigenvalue weighted by Gasteiger charge is -2.06. The van der Waals surface area contributed by atoms with Crippen LogP contribution in [0.2, 0.25) is 5.15 Å². The highest BCUT2D eigenvalue weighted by Gasteiger charge is 2.08. The fraction of sp³-hybridized carbons (Fsp3) is 0.182. The number of fused-ring (bicyclic) bond motifs is 1. The molecule has 1 aromatic heterocycles. The topological polar surface area (TPSA) is 72.3 Å². The second-order valence-electron chi connectivity index (χ2n) is 3.33. The van der Waals surface area contributed by atoms with Gasteiger partial charge in [-0.05, 0) is 6.07 Å². The summed E-state index contributed by atoms with van der Waals surface area (Å²) in [6.07, 6.45) is -0.0847. The summed E-state index contributed by atoms with van der Waals surface area (Å²) in [5.41, 5.74) is 0. The molecule has 0 saturated heterocycles. The average molecular weight is 253 g/mol. The molecule has 1 heterocycles. The van der Waals surface area contributed by atoms with Crippen LogP contribution in [-0.2, 0) is 4.79 Å². The molecule has 0 unspecified atom stereocenters. The maximum absolute atomic E-state index is 10.4. The van der Waals surface area contributed by atoms with Gasteiger partial charge in [0.05, 0.1) is 6.42 Å². The molecule has 6 heteroatoms. The zero-order valence-corrected chi connectivity index (χ0v) is 9.52. The van der Waals surface area contributed by atoms with Crippen molar-refractivity contribution in [1.82, 2.24) is 10.2 Å². The van der Waals surface area contributed by atoms with Crippen LogP contribution < -0.4 is 4.74 Å². The molecule has 88 valence electrons. The summed E-state index contributed by atoms with van der Waals surface area (Å²) in [5, 5.41) is 17.8. The van der Waals surface area contributed by atoms with Crippen LogP contribution in [-0.4, -0.2) is 27.9 Å². The van der Waals surface area contributed by atoms with Crippen molar-refractivity contribution in [2.75, 3.05) is 6.61 Å². The Kier molecular flexibility index (Phi) is 3.39. The minimum Gasteiger partial charge on any atom is -0.481 e. The zero-order chi connectivity index (χ0) is 12.3. The Balaban J connectivity index is 2.28. The second kappa shape index (κ2) is 4.97. The number of rotatable bonds is 4. The summed E-state index contributed by atoms with van der Waals surface area (Å²) in [5.74, 6) is -0.623. The van der Waals surface area contributed by atoms with E-state index >= 15 is 0 Å². The van der Waals surface area contributed by atoms with Gasteiger partial charge in [-0.1, -0.05) is 29.8 Å². The summed E-state index contributed by atoms with van der Waals surface area (Å²) in [6, 6.07) is 7.25. The SMILES string of the molecule is O=C(O)CCOc1nnc(Cl)c2ccccc12. The summed E-state index contributed by atoms with van der Waals surface area (Å²) < 4.78 is 5.27. The quantitative estimate of drug-likeness (QED) is 0.903. The van der Waals surface area contributed by atoms with Crippen LogP contribution in [0.3, 0.4) is 0 Å². The van der Waals surface area contributed by atoms with E-state index in [1.807, 2.05) is 12.1 Å². The normalized spacial score (nSPS) is 10.4. The fourth-order valence-electron chi connectivity index (χ4n) is 1.39. The highest BCUT2D eigenvalue weighted by atomic mass is 35.5. The molecule has 1 aromatic carbocycles. The van der Waals surface area contributed by atoms with Crippen LogP contribution in [0.4, 0.5) is 0 Å². The molecule has 0 radical (unpaired) electrons. The molecule has 0 aliphatic rings. The molecular formula is C11H9ClN2O3. The van der Waals surface area contributed by atoms with Gasteiger partial charge in [-0.25, -0.2) is 0 Å². The summed E-state index contributed by atoms with van der Waals surface area (Å²) in [6.45, 7) is 0.0512. The van der Waals surface area contributed by atoms with E-state index in [0.29, 0.717) is 11.0 Å². The molecule has 2 rings (SSSR count). The molecule has 2 aromatic rings. The number of carboxylic acids is 1. The number of ether oxygens (including phenoxy) is 1. The molecule has 0 fully saturated rings. The number of aromatic nitrogens is 2.